The number of aromatic nitrogens is 4. The number of fused-ring (bicyclic) bond motifs is 1. The molecule has 0 spiro atoms. The van der Waals surface area contributed by atoms with Crippen molar-refractivity contribution in [1.29, 1.82) is 0 Å². The highest BCUT2D eigenvalue weighted by atomic mass is 35.5. The van der Waals surface area contributed by atoms with Crippen LogP contribution in [-0.4, -0.2) is 46.2 Å². The zero-order chi connectivity index (χ0) is 17.4. The summed E-state index contributed by atoms with van der Waals surface area (Å²) in [7, 11) is 0. The molecule has 0 atom stereocenters. The number of halogens is 2. The molecule has 0 radical (unpaired) electrons. The van der Waals surface area contributed by atoms with Gasteiger partial charge >= 0.3 is 0 Å². The molecule has 1 aliphatic rings. The van der Waals surface area contributed by atoms with Gasteiger partial charge in [0.05, 0.1) is 40.7 Å². The molecule has 1 aliphatic heterocycles. The normalized spacial score (nSPS) is 15.0. The van der Waals surface area contributed by atoms with E-state index >= 15 is 0 Å². The standard InChI is InChI=1S/C16H15Cl2N5O2/c17-9-5-11-12(6-10(9)18)20-13(19-11)7-14-21-15(8-16(24)22-14)23-1-3-25-4-2-23/h5-6,8H,1-4,7H2,(H,19,20)(H,21,22,24). The highest BCUT2D eigenvalue weighted by molar-refractivity contribution is 6.42. The van der Waals surface area contributed by atoms with Gasteiger partial charge in [-0.2, -0.15) is 0 Å². The molecule has 0 aliphatic carbocycles. The number of ether oxygens (including phenoxy) is 1. The van der Waals surface area contributed by atoms with E-state index in [0.29, 0.717) is 47.1 Å². The number of rotatable bonds is 3. The summed E-state index contributed by atoms with van der Waals surface area (Å²) in [6, 6.07) is 4.95. The minimum atomic E-state index is -0.186. The lowest BCUT2D eigenvalue weighted by Gasteiger charge is -2.27. The fraction of sp³-hybridized carbons (Fsp3) is 0.312. The summed E-state index contributed by atoms with van der Waals surface area (Å²) >= 11 is 12.1. The second-order valence-corrected chi connectivity index (χ2v) is 6.61. The second kappa shape index (κ2) is 6.67. The van der Waals surface area contributed by atoms with Crippen molar-refractivity contribution in [1.82, 2.24) is 19.9 Å². The third-order valence-corrected chi connectivity index (χ3v) is 4.74. The SMILES string of the molecule is O=c1cc(N2CCOCC2)nc(Cc2nc3cc(Cl)c(Cl)cc3[nH]2)[nH]1. The largest absolute Gasteiger partial charge is 0.378 e. The Bertz CT molecular complexity index is 939. The highest BCUT2D eigenvalue weighted by Crippen LogP contribution is 2.26. The van der Waals surface area contributed by atoms with Gasteiger partial charge in [0.2, 0.25) is 0 Å². The molecular weight excluding hydrogens is 365 g/mol. The molecule has 4 rings (SSSR count). The Balaban J connectivity index is 1.64. The van der Waals surface area contributed by atoms with Gasteiger partial charge in [-0.15, -0.1) is 0 Å². The summed E-state index contributed by atoms with van der Waals surface area (Å²) in [5.41, 5.74) is 1.32. The van der Waals surface area contributed by atoms with Crippen LogP contribution in [0, 0.1) is 0 Å². The second-order valence-electron chi connectivity index (χ2n) is 5.79. The summed E-state index contributed by atoms with van der Waals surface area (Å²) in [6.45, 7) is 2.71. The number of aromatic amines is 2. The van der Waals surface area contributed by atoms with E-state index in [9.17, 15) is 4.79 Å². The van der Waals surface area contributed by atoms with E-state index in [1.165, 1.54) is 6.07 Å². The smallest absolute Gasteiger partial charge is 0.252 e. The summed E-state index contributed by atoms with van der Waals surface area (Å²) in [4.78, 5) is 29.0. The number of hydrogen-bond donors (Lipinski definition) is 2. The maximum absolute atomic E-state index is 12.0. The molecule has 3 aromatic rings. The number of morpholine rings is 1. The van der Waals surface area contributed by atoms with E-state index in [-0.39, 0.29) is 5.56 Å². The average molecular weight is 380 g/mol. The summed E-state index contributed by atoms with van der Waals surface area (Å²) < 4.78 is 5.34. The molecule has 130 valence electrons. The van der Waals surface area contributed by atoms with Crippen molar-refractivity contribution in [2.75, 3.05) is 31.2 Å². The molecule has 25 heavy (non-hydrogen) atoms. The van der Waals surface area contributed by atoms with Crippen LogP contribution in [0.2, 0.25) is 10.0 Å². The predicted octanol–water partition coefficient (Wildman–Crippen LogP) is 2.38. The minimum absolute atomic E-state index is 0.186. The maximum Gasteiger partial charge on any atom is 0.252 e. The molecule has 3 heterocycles. The van der Waals surface area contributed by atoms with Crippen LogP contribution in [0.5, 0.6) is 0 Å². The summed E-state index contributed by atoms with van der Waals surface area (Å²) in [6.07, 6.45) is 0.372. The molecule has 7 nitrogen and oxygen atoms in total. The van der Waals surface area contributed by atoms with Crippen LogP contribution in [-0.2, 0) is 11.2 Å². The molecule has 2 aromatic heterocycles. The van der Waals surface area contributed by atoms with Gasteiger partial charge in [0, 0.05) is 19.2 Å². The molecule has 2 N–H and O–H groups in total. The van der Waals surface area contributed by atoms with Crippen molar-refractivity contribution in [2.24, 2.45) is 0 Å². The molecule has 0 unspecified atom stereocenters. The first-order chi connectivity index (χ1) is 12.1. The van der Waals surface area contributed by atoms with Gasteiger partial charge in [0.25, 0.3) is 5.56 Å². The topological polar surface area (TPSA) is 86.9 Å². The Morgan fingerprint density at radius 3 is 2.56 bits per heavy atom. The van der Waals surface area contributed by atoms with Gasteiger partial charge in [-0.3, -0.25) is 4.79 Å². The van der Waals surface area contributed by atoms with Crippen molar-refractivity contribution in [3.63, 3.8) is 0 Å². The third kappa shape index (κ3) is 3.49. The van der Waals surface area contributed by atoms with E-state index in [0.717, 1.165) is 24.1 Å². The zero-order valence-electron chi connectivity index (χ0n) is 13.2. The van der Waals surface area contributed by atoms with Gasteiger partial charge in [-0.1, -0.05) is 23.2 Å². The van der Waals surface area contributed by atoms with Crippen LogP contribution in [0.1, 0.15) is 11.6 Å². The van der Waals surface area contributed by atoms with E-state index in [2.05, 4.69) is 19.9 Å². The Kier molecular flexibility index (Phi) is 4.37. The molecule has 1 fully saturated rings. The number of nitrogens with one attached hydrogen (secondary N) is 2. The fourth-order valence-electron chi connectivity index (χ4n) is 2.83. The van der Waals surface area contributed by atoms with Crippen molar-refractivity contribution >= 4 is 40.1 Å². The molecule has 0 amide bonds. The lowest BCUT2D eigenvalue weighted by atomic mass is 10.3. The van der Waals surface area contributed by atoms with Crippen molar-refractivity contribution < 1.29 is 4.74 Å². The van der Waals surface area contributed by atoms with E-state index in [1.54, 1.807) is 12.1 Å². The van der Waals surface area contributed by atoms with Gasteiger partial charge in [-0.25, -0.2) is 9.97 Å². The monoisotopic (exact) mass is 379 g/mol. The molecule has 1 aromatic carbocycles. The van der Waals surface area contributed by atoms with Crippen LogP contribution in [0.25, 0.3) is 11.0 Å². The number of imidazole rings is 1. The number of benzene rings is 1. The minimum Gasteiger partial charge on any atom is -0.378 e. The first-order valence-electron chi connectivity index (χ1n) is 7.85. The van der Waals surface area contributed by atoms with Crippen molar-refractivity contribution in [3.05, 3.63) is 50.2 Å². The predicted molar refractivity (Wildman–Crippen MR) is 96.8 cm³/mol. The Morgan fingerprint density at radius 1 is 1.04 bits per heavy atom. The lowest BCUT2D eigenvalue weighted by Crippen LogP contribution is -2.37. The molecule has 0 bridgehead atoms. The summed E-state index contributed by atoms with van der Waals surface area (Å²) in [5, 5.41) is 0.915. The van der Waals surface area contributed by atoms with Crippen LogP contribution in [0.4, 0.5) is 5.82 Å². The first kappa shape index (κ1) is 16.4. The Hall–Kier alpha value is -2.09. The van der Waals surface area contributed by atoms with Crippen LogP contribution in [0.3, 0.4) is 0 Å². The number of H-pyrrole nitrogens is 2. The van der Waals surface area contributed by atoms with Crippen LogP contribution < -0.4 is 10.5 Å². The fourth-order valence-corrected chi connectivity index (χ4v) is 3.15. The highest BCUT2D eigenvalue weighted by Gasteiger charge is 2.15. The van der Waals surface area contributed by atoms with Crippen molar-refractivity contribution in [2.45, 2.75) is 6.42 Å². The number of nitrogens with zero attached hydrogens (tertiary/aromatic N) is 3. The Morgan fingerprint density at radius 2 is 1.76 bits per heavy atom. The maximum atomic E-state index is 12.0. The first-order valence-corrected chi connectivity index (χ1v) is 8.61. The average Bonchev–Trinajstić information content (AvgIpc) is 2.96. The quantitative estimate of drug-likeness (QED) is 0.729. The van der Waals surface area contributed by atoms with Gasteiger partial charge in [-0.05, 0) is 12.1 Å². The molecule has 0 saturated carbocycles. The number of anilines is 1. The van der Waals surface area contributed by atoms with Crippen LogP contribution >= 0.6 is 23.2 Å². The molecule has 9 heteroatoms. The lowest BCUT2D eigenvalue weighted by molar-refractivity contribution is 0.122. The molecular formula is C16H15Cl2N5O2. The Labute approximate surface area is 152 Å². The van der Waals surface area contributed by atoms with Crippen molar-refractivity contribution in [3.8, 4) is 0 Å². The third-order valence-electron chi connectivity index (χ3n) is 4.02. The zero-order valence-corrected chi connectivity index (χ0v) is 14.7. The number of hydrogen-bond acceptors (Lipinski definition) is 5. The van der Waals surface area contributed by atoms with E-state index in [4.69, 9.17) is 27.9 Å². The van der Waals surface area contributed by atoms with Crippen LogP contribution in [0.15, 0.2) is 23.0 Å². The summed E-state index contributed by atoms with van der Waals surface area (Å²) in [5.74, 6) is 1.88. The van der Waals surface area contributed by atoms with Gasteiger partial charge in [0.1, 0.15) is 17.5 Å². The molecule has 1 saturated heterocycles. The van der Waals surface area contributed by atoms with Gasteiger partial charge in [0.15, 0.2) is 0 Å². The van der Waals surface area contributed by atoms with E-state index < -0.39 is 0 Å². The van der Waals surface area contributed by atoms with Gasteiger partial charge < -0.3 is 19.6 Å². The van der Waals surface area contributed by atoms with E-state index in [1.807, 2.05) is 4.90 Å².